The van der Waals surface area contributed by atoms with E-state index in [4.69, 9.17) is 4.42 Å². The summed E-state index contributed by atoms with van der Waals surface area (Å²) in [6, 6.07) is 32.6. The van der Waals surface area contributed by atoms with Gasteiger partial charge in [0.25, 0.3) is 0 Å². The zero-order valence-corrected chi connectivity index (χ0v) is 19.2. The number of anilines is 2. The van der Waals surface area contributed by atoms with Crippen LogP contribution in [0.25, 0.3) is 43.5 Å². The summed E-state index contributed by atoms with van der Waals surface area (Å²) in [5.41, 5.74) is 5.50. The average molecular weight is 442 g/mol. The normalized spacial score (nSPS) is 14.9. The molecule has 0 spiro atoms. The van der Waals surface area contributed by atoms with E-state index in [1.807, 2.05) is 0 Å². The van der Waals surface area contributed by atoms with Crippen LogP contribution < -0.4 is 5.32 Å². The Morgan fingerprint density at radius 2 is 1.38 bits per heavy atom. The molecule has 1 saturated carbocycles. The van der Waals surface area contributed by atoms with Gasteiger partial charge in [0.1, 0.15) is 5.58 Å². The van der Waals surface area contributed by atoms with E-state index >= 15 is 0 Å². The molecule has 2 heteroatoms. The molecule has 34 heavy (non-hydrogen) atoms. The molecule has 1 aromatic heterocycles. The molecule has 0 bridgehead atoms. The minimum absolute atomic E-state index is 0.582. The second kappa shape index (κ2) is 7.92. The van der Waals surface area contributed by atoms with Gasteiger partial charge in [-0.3, -0.25) is 0 Å². The van der Waals surface area contributed by atoms with Crippen molar-refractivity contribution in [1.82, 2.24) is 0 Å². The van der Waals surface area contributed by atoms with Gasteiger partial charge < -0.3 is 9.73 Å². The van der Waals surface area contributed by atoms with Crippen LogP contribution in [-0.4, -0.2) is 0 Å². The first-order valence-corrected chi connectivity index (χ1v) is 12.5. The number of para-hydroxylation sites is 1. The van der Waals surface area contributed by atoms with E-state index in [2.05, 4.69) is 96.3 Å². The topological polar surface area (TPSA) is 25.2 Å². The highest BCUT2D eigenvalue weighted by Crippen LogP contribution is 2.44. The number of hydrogen-bond donors (Lipinski definition) is 1. The summed E-state index contributed by atoms with van der Waals surface area (Å²) in [4.78, 5) is 0. The predicted molar refractivity (Wildman–Crippen MR) is 144 cm³/mol. The summed E-state index contributed by atoms with van der Waals surface area (Å²) in [7, 11) is 0. The number of furan rings is 1. The first-order chi connectivity index (χ1) is 16.8. The molecule has 1 N–H and O–H groups in total. The third-order valence-corrected chi connectivity index (χ3v) is 7.59. The Morgan fingerprint density at radius 1 is 0.618 bits per heavy atom. The van der Waals surface area contributed by atoms with Crippen molar-refractivity contribution in [2.45, 2.75) is 38.0 Å². The maximum Gasteiger partial charge on any atom is 0.158 e. The monoisotopic (exact) mass is 441 g/mol. The Balaban J connectivity index is 1.44. The molecule has 6 aromatic rings. The molecule has 0 atom stereocenters. The van der Waals surface area contributed by atoms with Crippen molar-refractivity contribution in [2.24, 2.45) is 0 Å². The van der Waals surface area contributed by atoms with Crippen molar-refractivity contribution < 1.29 is 4.42 Å². The van der Waals surface area contributed by atoms with E-state index in [-0.39, 0.29) is 0 Å². The van der Waals surface area contributed by atoms with E-state index in [9.17, 15) is 0 Å². The summed E-state index contributed by atoms with van der Waals surface area (Å²) >= 11 is 0. The Hall–Kier alpha value is -3.78. The summed E-state index contributed by atoms with van der Waals surface area (Å²) in [5, 5.41) is 11.2. The molecular weight excluding hydrogens is 414 g/mol. The predicted octanol–water partition coefficient (Wildman–Crippen LogP) is 9.68. The van der Waals surface area contributed by atoms with Crippen molar-refractivity contribution in [3.8, 4) is 0 Å². The molecule has 1 aliphatic carbocycles. The van der Waals surface area contributed by atoms with Gasteiger partial charge in [0, 0.05) is 16.5 Å². The highest BCUT2D eigenvalue weighted by molar-refractivity contribution is 6.21. The lowest BCUT2D eigenvalue weighted by Crippen LogP contribution is -2.04. The Labute approximate surface area is 199 Å². The zero-order chi connectivity index (χ0) is 22.5. The number of fused-ring (bicyclic) bond motifs is 6. The van der Waals surface area contributed by atoms with Crippen LogP contribution in [0.5, 0.6) is 0 Å². The quantitative estimate of drug-likeness (QED) is 0.296. The van der Waals surface area contributed by atoms with Gasteiger partial charge in [0.05, 0.1) is 5.69 Å². The van der Waals surface area contributed by atoms with Crippen LogP contribution in [0.3, 0.4) is 0 Å². The Kier molecular flexibility index (Phi) is 4.58. The molecule has 0 saturated heterocycles. The lowest BCUT2D eigenvalue weighted by Gasteiger charge is -2.22. The fourth-order valence-electron chi connectivity index (χ4n) is 5.91. The first kappa shape index (κ1) is 19.7. The standard InChI is InChI=1S/C32H27NO/c1-2-10-22(11-3-1)28-20-24-13-6-7-14-26(24)30-27-15-8-16-29(31(27)34-32(28)30)33-25-18-17-21-9-4-5-12-23(21)19-25/h4-9,12-20,22,33H,1-3,10-11H2. The second-order valence-electron chi connectivity index (χ2n) is 9.70. The van der Waals surface area contributed by atoms with E-state index in [0.717, 1.165) is 22.5 Å². The van der Waals surface area contributed by atoms with Gasteiger partial charge in [-0.15, -0.1) is 0 Å². The highest BCUT2D eigenvalue weighted by atomic mass is 16.3. The van der Waals surface area contributed by atoms with Gasteiger partial charge in [0.2, 0.25) is 0 Å². The highest BCUT2D eigenvalue weighted by Gasteiger charge is 2.23. The van der Waals surface area contributed by atoms with Crippen LogP contribution >= 0.6 is 0 Å². The first-order valence-electron chi connectivity index (χ1n) is 12.5. The summed E-state index contributed by atoms with van der Waals surface area (Å²) in [6.07, 6.45) is 6.49. The van der Waals surface area contributed by atoms with Crippen LogP contribution in [0.4, 0.5) is 11.4 Å². The molecule has 0 radical (unpaired) electrons. The van der Waals surface area contributed by atoms with Crippen LogP contribution in [-0.2, 0) is 0 Å². The van der Waals surface area contributed by atoms with Gasteiger partial charge in [-0.05, 0) is 70.1 Å². The summed E-state index contributed by atoms with van der Waals surface area (Å²) < 4.78 is 6.77. The third kappa shape index (κ3) is 3.17. The molecule has 1 heterocycles. The largest absolute Gasteiger partial charge is 0.454 e. The van der Waals surface area contributed by atoms with Gasteiger partial charge in [-0.25, -0.2) is 0 Å². The van der Waals surface area contributed by atoms with Crippen molar-refractivity contribution in [3.05, 3.63) is 96.6 Å². The molecule has 166 valence electrons. The lowest BCUT2D eigenvalue weighted by molar-refractivity contribution is 0.442. The number of rotatable bonds is 3. The van der Waals surface area contributed by atoms with Gasteiger partial charge in [0.15, 0.2) is 5.58 Å². The maximum atomic E-state index is 6.77. The molecule has 1 fully saturated rings. The van der Waals surface area contributed by atoms with Crippen molar-refractivity contribution in [1.29, 1.82) is 0 Å². The molecule has 2 nitrogen and oxygen atoms in total. The minimum Gasteiger partial charge on any atom is -0.454 e. The SMILES string of the molecule is c1ccc2cc(Nc3cccc4c3oc3c(C5CCCCC5)cc5ccccc5c34)ccc2c1. The number of nitrogens with one attached hydrogen (secondary N) is 1. The third-order valence-electron chi connectivity index (χ3n) is 7.59. The van der Waals surface area contributed by atoms with Crippen molar-refractivity contribution in [3.63, 3.8) is 0 Å². The van der Waals surface area contributed by atoms with Crippen molar-refractivity contribution >= 4 is 54.9 Å². The number of benzene rings is 5. The fraction of sp³-hybridized carbons (Fsp3) is 0.188. The van der Waals surface area contributed by atoms with Gasteiger partial charge in [-0.1, -0.05) is 86.0 Å². The molecule has 7 rings (SSSR count). The fourth-order valence-corrected chi connectivity index (χ4v) is 5.91. The van der Waals surface area contributed by atoms with Crippen LogP contribution in [0.15, 0.2) is 95.4 Å². The van der Waals surface area contributed by atoms with E-state index < -0.39 is 0 Å². The molecule has 1 aliphatic rings. The number of hydrogen-bond acceptors (Lipinski definition) is 2. The maximum absolute atomic E-state index is 6.77. The van der Waals surface area contributed by atoms with Crippen molar-refractivity contribution in [2.75, 3.05) is 5.32 Å². The Morgan fingerprint density at radius 3 is 2.26 bits per heavy atom. The van der Waals surface area contributed by atoms with Crippen LogP contribution in [0.2, 0.25) is 0 Å². The summed E-state index contributed by atoms with van der Waals surface area (Å²) in [5.74, 6) is 0.582. The Bertz CT molecular complexity index is 1670. The van der Waals surface area contributed by atoms with E-state index in [1.165, 1.54) is 70.0 Å². The zero-order valence-electron chi connectivity index (χ0n) is 19.2. The molecule has 0 unspecified atom stereocenters. The minimum atomic E-state index is 0.582. The van der Waals surface area contributed by atoms with Gasteiger partial charge >= 0.3 is 0 Å². The second-order valence-corrected chi connectivity index (χ2v) is 9.70. The molecule has 0 amide bonds. The molecular formula is C32H27NO. The smallest absolute Gasteiger partial charge is 0.158 e. The van der Waals surface area contributed by atoms with Crippen LogP contribution in [0, 0.1) is 0 Å². The van der Waals surface area contributed by atoms with Gasteiger partial charge in [-0.2, -0.15) is 0 Å². The lowest BCUT2D eigenvalue weighted by atomic mass is 9.82. The van der Waals surface area contributed by atoms with E-state index in [0.29, 0.717) is 5.92 Å². The van der Waals surface area contributed by atoms with E-state index in [1.54, 1.807) is 0 Å². The molecule has 0 aliphatic heterocycles. The summed E-state index contributed by atoms with van der Waals surface area (Å²) in [6.45, 7) is 0. The average Bonchev–Trinajstić information content (AvgIpc) is 3.30. The van der Waals surface area contributed by atoms with Crippen LogP contribution in [0.1, 0.15) is 43.6 Å². The molecule has 5 aromatic carbocycles.